The van der Waals surface area contributed by atoms with Gasteiger partial charge in [-0.15, -0.1) is 0 Å². The van der Waals surface area contributed by atoms with E-state index < -0.39 is 0 Å². The molecular formula is C10H24O. The topological polar surface area (TPSA) is 9.23 Å². The van der Waals surface area contributed by atoms with Gasteiger partial charge in [-0.1, -0.05) is 34.6 Å². The maximum Gasteiger partial charge on any atom is 0.0573 e. The zero-order valence-electron chi connectivity index (χ0n) is 8.81. The first-order valence-corrected chi connectivity index (χ1v) is 5.05. The summed E-state index contributed by atoms with van der Waals surface area (Å²) in [5.74, 6) is 0. The van der Waals surface area contributed by atoms with Crippen LogP contribution < -0.4 is 0 Å². The van der Waals surface area contributed by atoms with Crippen molar-refractivity contribution >= 4 is 0 Å². The van der Waals surface area contributed by atoms with Crippen LogP contribution in [0.1, 0.15) is 53.9 Å². The minimum Gasteiger partial charge on any atom is -0.378 e. The summed E-state index contributed by atoms with van der Waals surface area (Å²) in [6.45, 7) is 11.2. The summed E-state index contributed by atoms with van der Waals surface area (Å²) >= 11 is 0. The largest absolute Gasteiger partial charge is 0.378 e. The lowest BCUT2D eigenvalue weighted by Gasteiger charge is -2.01. The summed E-state index contributed by atoms with van der Waals surface area (Å²) in [5, 5.41) is 0. The second kappa shape index (κ2) is 12.6. The predicted molar refractivity (Wildman–Crippen MR) is 52.0 cm³/mol. The van der Waals surface area contributed by atoms with Crippen molar-refractivity contribution in [2.45, 2.75) is 60.0 Å². The highest BCUT2D eigenvalue weighted by molar-refractivity contribution is 4.60. The van der Waals surface area contributed by atoms with Crippen LogP contribution in [0, 0.1) is 0 Å². The second-order valence-electron chi connectivity index (χ2n) is 2.04. The van der Waals surface area contributed by atoms with Crippen LogP contribution in [0.15, 0.2) is 0 Å². The molecule has 1 heteroatoms. The molecule has 1 fully saturated rings. The lowest BCUT2D eigenvalue weighted by molar-refractivity contribution is 0.108. The van der Waals surface area contributed by atoms with Crippen LogP contribution in [-0.2, 0) is 4.74 Å². The number of ether oxygens (including phenoxy) is 1. The lowest BCUT2D eigenvalue weighted by Crippen LogP contribution is -2.00. The third-order valence-corrected chi connectivity index (χ3v) is 1.48. The van der Waals surface area contributed by atoms with Gasteiger partial charge in [0, 0.05) is 6.61 Å². The van der Waals surface area contributed by atoms with E-state index in [1.165, 1.54) is 19.3 Å². The van der Waals surface area contributed by atoms with Gasteiger partial charge in [-0.2, -0.15) is 0 Å². The molecule has 1 aliphatic heterocycles. The highest BCUT2D eigenvalue weighted by Gasteiger charge is 2.11. The summed E-state index contributed by atoms with van der Waals surface area (Å²) in [7, 11) is 0. The van der Waals surface area contributed by atoms with Crippen LogP contribution in [0.2, 0.25) is 0 Å². The van der Waals surface area contributed by atoms with Crippen molar-refractivity contribution in [1.29, 1.82) is 0 Å². The average molecular weight is 160 g/mol. The van der Waals surface area contributed by atoms with Crippen molar-refractivity contribution in [3.05, 3.63) is 0 Å². The second-order valence-corrected chi connectivity index (χ2v) is 2.04. The molecule has 0 amide bonds. The first-order chi connectivity index (χ1) is 5.43. The van der Waals surface area contributed by atoms with Gasteiger partial charge in [0.05, 0.1) is 6.10 Å². The Kier molecular flexibility index (Phi) is 15.5. The van der Waals surface area contributed by atoms with Gasteiger partial charge in [-0.3, -0.25) is 0 Å². The summed E-state index contributed by atoms with van der Waals surface area (Å²) in [4.78, 5) is 0. The molecule has 0 unspecified atom stereocenters. The predicted octanol–water partition coefficient (Wildman–Crippen LogP) is 3.63. The molecule has 1 heterocycles. The van der Waals surface area contributed by atoms with E-state index in [1.54, 1.807) is 0 Å². The van der Waals surface area contributed by atoms with Crippen LogP contribution in [-0.4, -0.2) is 12.7 Å². The molecule has 1 rings (SSSR count). The van der Waals surface area contributed by atoms with E-state index in [-0.39, 0.29) is 0 Å². The SMILES string of the molecule is CC.CC.CC[C@@H]1CCCO1. The fraction of sp³-hybridized carbons (Fsp3) is 1.00. The molecule has 0 aliphatic carbocycles. The van der Waals surface area contributed by atoms with Crippen LogP contribution in [0.3, 0.4) is 0 Å². The molecule has 1 atom stereocenters. The smallest absolute Gasteiger partial charge is 0.0573 e. The fourth-order valence-electron chi connectivity index (χ4n) is 0.966. The van der Waals surface area contributed by atoms with Gasteiger partial charge >= 0.3 is 0 Å². The molecule has 1 aliphatic rings. The van der Waals surface area contributed by atoms with E-state index in [2.05, 4.69) is 6.92 Å². The maximum absolute atomic E-state index is 5.30. The van der Waals surface area contributed by atoms with Crippen molar-refractivity contribution in [3.63, 3.8) is 0 Å². The van der Waals surface area contributed by atoms with E-state index in [1.807, 2.05) is 27.7 Å². The van der Waals surface area contributed by atoms with Gasteiger partial charge < -0.3 is 4.74 Å². The van der Waals surface area contributed by atoms with Crippen molar-refractivity contribution in [3.8, 4) is 0 Å². The summed E-state index contributed by atoms with van der Waals surface area (Å²) in [6.07, 6.45) is 4.36. The van der Waals surface area contributed by atoms with E-state index in [0.29, 0.717) is 6.10 Å². The minimum atomic E-state index is 0.597. The van der Waals surface area contributed by atoms with Crippen LogP contribution >= 0.6 is 0 Å². The van der Waals surface area contributed by atoms with Crippen molar-refractivity contribution in [2.24, 2.45) is 0 Å². The fourth-order valence-corrected chi connectivity index (χ4v) is 0.966. The Labute approximate surface area is 72.1 Å². The van der Waals surface area contributed by atoms with Gasteiger partial charge in [0.15, 0.2) is 0 Å². The Morgan fingerprint density at radius 3 is 1.91 bits per heavy atom. The average Bonchev–Trinajstić information content (AvgIpc) is 2.63. The van der Waals surface area contributed by atoms with E-state index in [0.717, 1.165) is 6.61 Å². The van der Waals surface area contributed by atoms with E-state index >= 15 is 0 Å². The maximum atomic E-state index is 5.30. The summed E-state index contributed by atoms with van der Waals surface area (Å²) in [6, 6.07) is 0. The summed E-state index contributed by atoms with van der Waals surface area (Å²) < 4.78 is 5.30. The third-order valence-electron chi connectivity index (χ3n) is 1.48. The normalized spacial score (nSPS) is 21.0. The van der Waals surface area contributed by atoms with Gasteiger partial charge in [0.1, 0.15) is 0 Å². The molecule has 0 aromatic rings. The number of rotatable bonds is 1. The van der Waals surface area contributed by atoms with Gasteiger partial charge in [-0.25, -0.2) is 0 Å². The first kappa shape index (κ1) is 13.5. The molecule has 0 bridgehead atoms. The molecule has 1 nitrogen and oxygen atoms in total. The third kappa shape index (κ3) is 7.86. The molecule has 70 valence electrons. The molecule has 0 N–H and O–H groups in total. The van der Waals surface area contributed by atoms with E-state index in [4.69, 9.17) is 4.74 Å². The van der Waals surface area contributed by atoms with Gasteiger partial charge in [0.25, 0.3) is 0 Å². The van der Waals surface area contributed by atoms with Crippen molar-refractivity contribution in [2.75, 3.05) is 6.61 Å². The van der Waals surface area contributed by atoms with Crippen LogP contribution in [0.4, 0.5) is 0 Å². The standard InChI is InChI=1S/C6H12O.2C2H6/c1-2-6-4-3-5-7-6;2*1-2/h6H,2-5H2,1H3;2*1-2H3/t6-;;/m1../s1. The van der Waals surface area contributed by atoms with Gasteiger partial charge in [-0.05, 0) is 19.3 Å². The highest BCUT2D eigenvalue weighted by atomic mass is 16.5. The molecule has 0 aromatic carbocycles. The zero-order valence-corrected chi connectivity index (χ0v) is 8.81. The molecule has 0 aromatic heterocycles. The van der Waals surface area contributed by atoms with Gasteiger partial charge in [0.2, 0.25) is 0 Å². The molecule has 1 saturated heterocycles. The van der Waals surface area contributed by atoms with Crippen molar-refractivity contribution < 1.29 is 4.74 Å². The number of hydrogen-bond donors (Lipinski definition) is 0. The Morgan fingerprint density at radius 2 is 1.73 bits per heavy atom. The van der Waals surface area contributed by atoms with E-state index in [9.17, 15) is 0 Å². The first-order valence-electron chi connectivity index (χ1n) is 5.05. The molecule has 0 radical (unpaired) electrons. The Morgan fingerprint density at radius 1 is 1.18 bits per heavy atom. The van der Waals surface area contributed by atoms with Crippen LogP contribution in [0.5, 0.6) is 0 Å². The molecular weight excluding hydrogens is 136 g/mol. The van der Waals surface area contributed by atoms with Crippen LogP contribution in [0.25, 0.3) is 0 Å². The lowest BCUT2D eigenvalue weighted by atomic mass is 10.2. The number of hydrogen-bond acceptors (Lipinski definition) is 1. The quantitative estimate of drug-likeness (QED) is 0.569. The zero-order chi connectivity index (χ0) is 9.11. The molecule has 0 spiro atoms. The highest BCUT2D eigenvalue weighted by Crippen LogP contribution is 2.13. The molecule has 0 saturated carbocycles. The summed E-state index contributed by atoms with van der Waals surface area (Å²) in [5.41, 5.74) is 0. The molecule has 11 heavy (non-hydrogen) atoms. The monoisotopic (exact) mass is 160 g/mol. The minimum absolute atomic E-state index is 0.597. The Balaban J connectivity index is 0. The Bertz CT molecular complexity index is 46.8. The van der Waals surface area contributed by atoms with Crippen molar-refractivity contribution in [1.82, 2.24) is 0 Å². The Hall–Kier alpha value is -0.0400.